The van der Waals surface area contributed by atoms with Gasteiger partial charge in [-0.3, -0.25) is 4.79 Å². The number of nitrogens with zero attached hydrogens (tertiary/aromatic N) is 2. The van der Waals surface area contributed by atoms with Crippen molar-refractivity contribution in [3.05, 3.63) is 46.5 Å². The van der Waals surface area contributed by atoms with Crippen LogP contribution in [0.5, 0.6) is 0 Å². The van der Waals surface area contributed by atoms with Gasteiger partial charge in [-0.15, -0.1) is 11.3 Å². The van der Waals surface area contributed by atoms with E-state index in [-0.39, 0.29) is 5.91 Å². The van der Waals surface area contributed by atoms with Crippen molar-refractivity contribution in [1.29, 1.82) is 0 Å². The van der Waals surface area contributed by atoms with E-state index in [1.54, 1.807) is 11.3 Å². The lowest BCUT2D eigenvalue weighted by Gasteiger charge is -2.32. The van der Waals surface area contributed by atoms with Crippen LogP contribution in [0.25, 0.3) is 0 Å². The van der Waals surface area contributed by atoms with Crippen LogP contribution in [0, 0.1) is 19.8 Å². The Bertz CT molecular complexity index is 699. The van der Waals surface area contributed by atoms with Crippen LogP contribution in [-0.4, -0.2) is 30.5 Å². The van der Waals surface area contributed by atoms with Crippen molar-refractivity contribution < 1.29 is 4.79 Å². The number of aryl methyl sites for hydroxylation is 3. The fraction of sp³-hybridized carbons (Fsp3) is 0.500. The fourth-order valence-corrected chi connectivity index (χ4v) is 4.02. The molecule has 2 heterocycles. The molecule has 1 fully saturated rings. The molecule has 5 heteroatoms. The molecule has 1 saturated heterocycles. The number of amides is 1. The van der Waals surface area contributed by atoms with Gasteiger partial charge >= 0.3 is 0 Å². The van der Waals surface area contributed by atoms with Gasteiger partial charge in [-0.05, 0) is 55.7 Å². The number of aromatic nitrogens is 1. The molecule has 3 rings (SSSR count). The smallest absolute Gasteiger partial charge is 0.220 e. The lowest BCUT2D eigenvalue weighted by atomic mass is 9.98. The summed E-state index contributed by atoms with van der Waals surface area (Å²) in [5, 5.41) is 6.26. The lowest BCUT2D eigenvalue weighted by Crippen LogP contribution is -2.41. The summed E-state index contributed by atoms with van der Waals surface area (Å²) in [6.07, 6.45) is 5.58. The molecule has 1 atom stereocenters. The first kappa shape index (κ1) is 17.9. The summed E-state index contributed by atoms with van der Waals surface area (Å²) in [6.45, 7) is 7.07. The monoisotopic (exact) mass is 357 g/mol. The van der Waals surface area contributed by atoms with Crippen LogP contribution in [0.4, 0.5) is 5.13 Å². The second-order valence-corrected chi connectivity index (χ2v) is 7.86. The van der Waals surface area contributed by atoms with E-state index in [0.717, 1.165) is 31.2 Å². The van der Waals surface area contributed by atoms with E-state index in [4.69, 9.17) is 0 Å². The Kier molecular flexibility index (Phi) is 6.08. The Morgan fingerprint density at radius 2 is 2.24 bits per heavy atom. The molecule has 0 radical (unpaired) electrons. The first-order valence-electron chi connectivity index (χ1n) is 9.09. The molecule has 1 N–H and O–H groups in total. The van der Waals surface area contributed by atoms with Gasteiger partial charge in [0, 0.05) is 37.6 Å². The zero-order chi connectivity index (χ0) is 17.6. The van der Waals surface area contributed by atoms with E-state index in [1.807, 2.05) is 11.6 Å². The van der Waals surface area contributed by atoms with Crippen molar-refractivity contribution in [3.63, 3.8) is 0 Å². The highest BCUT2D eigenvalue weighted by Crippen LogP contribution is 2.24. The number of piperidine rings is 1. The number of carbonyl (C=O) groups is 1. The first-order chi connectivity index (χ1) is 12.1. The molecule has 1 aromatic heterocycles. The van der Waals surface area contributed by atoms with Gasteiger partial charge in [0.15, 0.2) is 5.13 Å². The van der Waals surface area contributed by atoms with Crippen molar-refractivity contribution >= 4 is 22.4 Å². The van der Waals surface area contributed by atoms with Crippen LogP contribution in [0.3, 0.4) is 0 Å². The molecule has 1 aliphatic heterocycles. The molecule has 1 aromatic carbocycles. The number of benzene rings is 1. The quantitative estimate of drug-likeness (QED) is 0.857. The third kappa shape index (κ3) is 5.05. The summed E-state index contributed by atoms with van der Waals surface area (Å²) in [5.41, 5.74) is 3.84. The average Bonchev–Trinajstić information content (AvgIpc) is 3.16. The molecular formula is C20H27N3OS. The highest BCUT2D eigenvalue weighted by molar-refractivity contribution is 7.13. The number of anilines is 1. The van der Waals surface area contributed by atoms with Gasteiger partial charge < -0.3 is 10.2 Å². The summed E-state index contributed by atoms with van der Waals surface area (Å²) in [4.78, 5) is 18.9. The second kappa shape index (κ2) is 8.48. The van der Waals surface area contributed by atoms with Crippen LogP contribution >= 0.6 is 11.3 Å². The van der Waals surface area contributed by atoms with Gasteiger partial charge in [-0.1, -0.05) is 18.2 Å². The molecular weight excluding hydrogens is 330 g/mol. The number of nitrogens with one attached hydrogen (secondary N) is 1. The van der Waals surface area contributed by atoms with Crippen LogP contribution < -0.4 is 10.2 Å². The minimum absolute atomic E-state index is 0.157. The zero-order valence-corrected chi connectivity index (χ0v) is 15.9. The third-order valence-corrected chi connectivity index (χ3v) is 5.84. The molecule has 134 valence electrons. The summed E-state index contributed by atoms with van der Waals surface area (Å²) >= 11 is 1.69. The SMILES string of the molecule is Cc1ccc(CCC(=O)NCC2CCCN(c3nccs3)C2)cc1C. The molecule has 1 amide bonds. The van der Waals surface area contributed by atoms with Crippen LogP contribution in [0.15, 0.2) is 29.8 Å². The summed E-state index contributed by atoms with van der Waals surface area (Å²) < 4.78 is 0. The topological polar surface area (TPSA) is 45.2 Å². The predicted octanol–water partition coefficient (Wildman–Crippen LogP) is 3.73. The largest absolute Gasteiger partial charge is 0.356 e. The minimum Gasteiger partial charge on any atom is -0.356 e. The molecule has 25 heavy (non-hydrogen) atoms. The van der Waals surface area contributed by atoms with Crippen molar-refractivity contribution in [3.8, 4) is 0 Å². The van der Waals surface area contributed by atoms with Crippen LogP contribution in [0.2, 0.25) is 0 Å². The number of rotatable bonds is 6. The van der Waals surface area contributed by atoms with Gasteiger partial charge in [0.1, 0.15) is 0 Å². The highest BCUT2D eigenvalue weighted by atomic mass is 32.1. The van der Waals surface area contributed by atoms with E-state index in [0.29, 0.717) is 12.3 Å². The summed E-state index contributed by atoms with van der Waals surface area (Å²) in [6, 6.07) is 6.45. The lowest BCUT2D eigenvalue weighted by molar-refractivity contribution is -0.121. The van der Waals surface area contributed by atoms with Gasteiger partial charge in [0.2, 0.25) is 5.91 Å². The van der Waals surface area contributed by atoms with E-state index in [2.05, 4.69) is 47.2 Å². The molecule has 0 saturated carbocycles. The Labute approximate surface area is 154 Å². The molecule has 0 bridgehead atoms. The number of hydrogen-bond acceptors (Lipinski definition) is 4. The van der Waals surface area contributed by atoms with Crippen LogP contribution in [-0.2, 0) is 11.2 Å². The summed E-state index contributed by atoms with van der Waals surface area (Å²) in [7, 11) is 0. The maximum atomic E-state index is 12.2. The minimum atomic E-state index is 0.157. The Balaban J connectivity index is 1.41. The molecule has 0 spiro atoms. The first-order valence-corrected chi connectivity index (χ1v) is 9.97. The van der Waals surface area contributed by atoms with Gasteiger partial charge in [-0.2, -0.15) is 0 Å². The number of carbonyl (C=O) groups excluding carboxylic acids is 1. The van der Waals surface area contributed by atoms with E-state index in [9.17, 15) is 4.79 Å². The van der Waals surface area contributed by atoms with Gasteiger partial charge in [-0.25, -0.2) is 4.98 Å². The van der Waals surface area contributed by atoms with Crippen LogP contribution in [0.1, 0.15) is 36.0 Å². The molecule has 1 unspecified atom stereocenters. The fourth-order valence-electron chi connectivity index (χ4n) is 3.34. The van der Waals surface area contributed by atoms with E-state index < -0.39 is 0 Å². The van der Waals surface area contributed by atoms with Gasteiger partial charge in [0.05, 0.1) is 0 Å². The number of thiazole rings is 1. The highest BCUT2D eigenvalue weighted by Gasteiger charge is 2.21. The molecule has 1 aliphatic rings. The standard InChI is InChI=1S/C20H27N3OS/c1-15-5-6-17(12-16(15)2)7-8-19(24)22-13-18-4-3-10-23(14-18)20-21-9-11-25-20/h5-6,9,11-12,18H,3-4,7-8,10,13-14H2,1-2H3,(H,22,24). The maximum absolute atomic E-state index is 12.2. The van der Waals surface area contributed by atoms with Crippen molar-refractivity contribution in [2.75, 3.05) is 24.5 Å². The Morgan fingerprint density at radius 1 is 1.36 bits per heavy atom. The van der Waals surface area contributed by atoms with E-state index >= 15 is 0 Å². The second-order valence-electron chi connectivity index (χ2n) is 6.99. The van der Waals surface area contributed by atoms with E-state index in [1.165, 1.54) is 29.5 Å². The normalized spacial score (nSPS) is 17.5. The Morgan fingerprint density at radius 3 is 3.00 bits per heavy atom. The maximum Gasteiger partial charge on any atom is 0.220 e. The van der Waals surface area contributed by atoms with Crippen molar-refractivity contribution in [2.45, 2.75) is 39.5 Å². The average molecular weight is 358 g/mol. The van der Waals surface area contributed by atoms with Crippen molar-refractivity contribution in [2.24, 2.45) is 5.92 Å². The molecule has 2 aromatic rings. The predicted molar refractivity (Wildman–Crippen MR) is 104 cm³/mol. The zero-order valence-electron chi connectivity index (χ0n) is 15.1. The Hall–Kier alpha value is -1.88. The molecule has 0 aliphatic carbocycles. The summed E-state index contributed by atoms with van der Waals surface area (Å²) in [5.74, 6) is 0.674. The van der Waals surface area contributed by atoms with Crippen molar-refractivity contribution in [1.82, 2.24) is 10.3 Å². The van der Waals surface area contributed by atoms with Gasteiger partial charge in [0.25, 0.3) is 0 Å². The number of hydrogen-bond donors (Lipinski definition) is 1. The third-order valence-electron chi connectivity index (χ3n) is 5.01. The molecule has 4 nitrogen and oxygen atoms in total.